The average molecular weight is 388 g/mol. The van der Waals surface area contributed by atoms with Gasteiger partial charge in [0.25, 0.3) is 5.69 Å². The summed E-state index contributed by atoms with van der Waals surface area (Å²) >= 11 is 0. The van der Waals surface area contributed by atoms with E-state index >= 15 is 0 Å². The maximum absolute atomic E-state index is 11.1. The molecule has 0 aromatic heterocycles. The lowest BCUT2D eigenvalue weighted by atomic mass is 10.1. The molecule has 0 fully saturated rings. The molecule has 150 valence electrons. The van der Waals surface area contributed by atoms with E-state index in [2.05, 4.69) is 15.6 Å². The molecule has 0 unspecified atom stereocenters. The van der Waals surface area contributed by atoms with E-state index in [9.17, 15) is 10.1 Å². The lowest BCUT2D eigenvalue weighted by molar-refractivity contribution is -0.385. The molecule has 0 bridgehead atoms. The Labute approximate surface area is 163 Å². The zero-order valence-electron chi connectivity index (χ0n) is 16.3. The second-order valence-electron chi connectivity index (χ2n) is 5.70. The van der Waals surface area contributed by atoms with Gasteiger partial charge in [0.15, 0.2) is 17.5 Å². The number of para-hydroxylation sites is 1. The van der Waals surface area contributed by atoms with Crippen molar-refractivity contribution in [3.8, 4) is 17.2 Å². The van der Waals surface area contributed by atoms with Crippen molar-refractivity contribution in [2.24, 2.45) is 4.99 Å². The largest absolute Gasteiger partial charge is 0.493 e. The summed E-state index contributed by atoms with van der Waals surface area (Å²) in [6.45, 7) is 0.708. The molecule has 0 spiro atoms. The standard InChI is InChI=1S/C19H24N4O5/c1-20-19(22-12-14-7-5-6-8-15(14)23(24)25)21-11-13-9-16(26-2)18(28-4)17(10-13)27-3/h5-10H,11-12H2,1-4H3,(H2,20,21,22). The third kappa shape index (κ3) is 5.03. The maximum Gasteiger partial charge on any atom is 0.274 e. The zero-order chi connectivity index (χ0) is 20.5. The van der Waals surface area contributed by atoms with Gasteiger partial charge in [0.05, 0.1) is 26.3 Å². The minimum absolute atomic E-state index is 0.0649. The first-order chi connectivity index (χ1) is 13.5. The number of aliphatic imine (C=N–C) groups is 1. The number of nitro benzene ring substituents is 1. The van der Waals surface area contributed by atoms with Crippen LogP contribution in [0.3, 0.4) is 0 Å². The van der Waals surface area contributed by atoms with Gasteiger partial charge in [0.1, 0.15) is 0 Å². The third-order valence-corrected chi connectivity index (χ3v) is 4.04. The van der Waals surface area contributed by atoms with E-state index in [0.717, 1.165) is 5.56 Å². The van der Waals surface area contributed by atoms with Crippen LogP contribution in [0.25, 0.3) is 0 Å². The van der Waals surface area contributed by atoms with Crippen molar-refractivity contribution in [1.29, 1.82) is 0 Å². The third-order valence-electron chi connectivity index (χ3n) is 4.04. The second kappa shape index (κ2) is 10.0. The molecule has 0 heterocycles. The van der Waals surface area contributed by atoms with Crippen LogP contribution in [0.5, 0.6) is 17.2 Å². The lowest BCUT2D eigenvalue weighted by Gasteiger charge is -2.16. The molecule has 0 aliphatic heterocycles. The van der Waals surface area contributed by atoms with E-state index in [0.29, 0.717) is 35.3 Å². The van der Waals surface area contributed by atoms with E-state index in [4.69, 9.17) is 14.2 Å². The van der Waals surface area contributed by atoms with Crippen LogP contribution in [0.4, 0.5) is 5.69 Å². The Bertz CT molecular complexity index is 829. The van der Waals surface area contributed by atoms with E-state index in [1.165, 1.54) is 6.07 Å². The topological polar surface area (TPSA) is 107 Å². The Morgan fingerprint density at radius 2 is 1.64 bits per heavy atom. The molecule has 28 heavy (non-hydrogen) atoms. The smallest absolute Gasteiger partial charge is 0.274 e. The van der Waals surface area contributed by atoms with Crippen LogP contribution < -0.4 is 24.8 Å². The summed E-state index contributed by atoms with van der Waals surface area (Å²) in [6.07, 6.45) is 0. The Morgan fingerprint density at radius 3 is 2.18 bits per heavy atom. The van der Waals surface area contributed by atoms with Gasteiger partial charge in [-0.05, 0) is 17.7 Å². The van der Waals surface area contributed by atoms with Crippen molar-refractivity contribution in [1.82, 2.24) is 10.6 Å². The average Bonchev–Trinajstić information content (AvgIpc) is 2.73. The quantitative estimate of drug-likeness (QED) is 0.310. The van der Waals surface area contributed by atoms with Crippen LogP contribution in [0.1, 0.15) is 11.1 Å². The summed E-state index contributed by atoms with van der Waals surface area (Å²) in [6, 6.07) is 10.3. The van der Waals surface area contributed by atoms with Gasteiger partial charge in [-0.3, -0.25) is 15.1 Å². The molecular weight excluding hydrogens is 364 g/mol. The Hall–Kier alpha value is -3.49. The summed E-state index contributed by atoms with van der Waals surface area (Å²) in [5.74, 6) is 2.14. The molecule has 9 heteroatoms. The normalized spacial score (nSPS) is 10.9. The number of nitro groups is 1. The molecule has 0 saturated carbocycles. The van der Waals surface area contributed by atoms with Gasteiger partial charge in [-0.1, -0.05) is 18.2 Å². The Kier molecular flexibility index (Phi) is 7.44. The molecular formula is C19H24N4O5. The first-order valence-corrected chi connectivity index (χ1v) is 8.49. The fraction of sp³-hybridized carbons (Fsp3) is 0.316. The van der Waals surface area contributed by atoms with Crippen LogP contribution in [0.2, 0.25) is 0 Å². The number of ether oxygens (including phenoxy) is 3. The summed E-state index contributed by atoms with van der Waals surface area (Å²) in [5.41, 5.74) is 1.53. The number of methoxy groups -OCH3 is 3. The summed E-state index contributed by atoms with van der Waals surface area (Å²) in [7, 11) is 6.29. The molecule has 2 aromatic rings. The molecule has 2 N–H and O–H groups in total. The van der Waals surface area contributed by atoms with Crippen LogP contribution in [-0.4, -0.2) is 39.3 Å². The number of hydrogen-bond donors (Lipinski definition) is 2. The van der Waals surface area contributed by atoms with Crippen molar-refractivity contribution in [2.45, 2.75) is 13.1 Å². The highest BCUT2D eigenvalue weighted by Crippen LogP contribution is 2.38. The first kappa shape index (κ1) is 20.8. The van der Waals surface area contributed by atoms with Gasteiger partial charge >= 0.3 is 0 Å². The van der Waals surface area contributed by atoms with Gasteiger partial charge < -0.3 is 24.8 Å². The maximum atomic E-state index is 11.1. The monoisotopic (exact) mass is 388 g/mol. The van der Waals surface area contributed by atoms with Crippen molar-refractivity contribution in [2.75, 3.05) is 28.4 Å². The predicted molar refractivity (Wildman–Crippen MR) is 106 cm³/mol. The van der Waals surface area contributed by atoms with Crippen LogP contribution in [0.15, 0.2) is 41.4 Å². The van der Waals surface area contributed by atoms with Crippen LogP contribution >= 0.6 is 0 Å². The number of rotatable bonds is 8. The molecule has 0 atom stereocenters. The minimum Gasteiger partial charge on any atom is -0.493 e. The highest BCUT2D eigenvalue weighted by molar-refractivity contribution is 5.79. The predicted octanol–water partition coefficient (Wildman–Crippen LogP) is 2.49. The molecule has 0 aliphatic rings. The van der Waals surface area contributed by atoms with Gasteiger partial charge in [0, 0.05) is 31.8 Å². The molecule has 0 radical (unpaired) electrons. The number of nitrogens with one attached hydrogen (secondary N) is 2. The number of nitrogens with zero attached hydrogens (tertiary/aromatic N) is 2. The van der Waals surface area contributed by atoms with Crippen molar-refractivity contribution in [3.63, 3.8) is 0 Å². The van der Waals surface area contributed by atoms with Gasteiger partial charge in [0.2, 0.25) is 5.75 Å². The molecule has 0 amide bonds. The molecule has 0 aliphatic carbocycles. The van der Waals surface area contributed by atoms with E-state index in [1.807, 2.05) is 12.1 Å². The highest BCUT2D eigenvalue weighted by atomic mass is 16.6. The Balaban J connectivity index is 2.06. The summed E-state index contributed by atoms with van der Waals surface area (Å²) in [4.78, 5) is 14.9. The molecule has 2 aromatic carbocycles. The number of guanidine groups is 1. The van der Waals surface area contributed by atoms with E-state index in [-0.39, 0.29) is 12.2 Å². The molecule has 0 saturated heterocycles. The van der Waals surface area contributed by atoms with Crippen LogP contribution in [0, 0.1) is 10.1 Å². The number of benzene rings is 2. The van der Waals surface area contributed by atoms with Crippen LogP contribution in [-0.2, 0) is 13.1 Å². The van der Waals surface area contributed by atoms with Crippen molar-refractivity contribution >= 4 is 11.6 Å². The van der Waals surface area contributed by atoms with Gasteiger partial charge in [-0.2, -0.15) is 0 Å². The van der Waals surface area contributed by atoms with Gasteiger partial charge in [-0.25, -0.2) is 0 Å². The Morgan fingerprint density at radius 1 is 1.04 bits per heavy atom. The lowest BCUT2D eigenvalue weighted by Crippen LogP contribution is -2.36. The number of hydrogen-bond acceptors (Lipinski definition) is 6. The fourth-order valence-corrected chi connectivity index (χ4v) is 2.66. The summed E-state index contributed by atoms with van der Waals surface area (Å²) < 4.78 is 16.0. The fourth-order valence-electron chi connectivity index (χ4n) is 2.66. The van der Waals surface area contributed by atoms with Crippen molar-refractivity contribution < 1.29 is 19.1 Å². The second-order valence-corrected chi connectivity index (χ2v) is 5.70. The highest BCUT2D eigenvalue weighted by Gasteiger charge is 2.14. The minimum atomic E-state index is -0.400. The van der Waals surface area contributed by atoms with Crippen molar-refractivity contribution in [3.05, 3.63) is 57.6 Å². The molecule has 9 nitrogen and oxygen atoms in total. The summed E-state index contributed by atoms with van der Waals surface area (Å²) in [5, 5.41) is 17.4. The first-order valence-electron chi connectivity index (χ1n) is 8.49. The van der Waals surface area contributed by atoms with Gasteiger partial charge in [-0.15, -0.1) is 0 Å². The molecule has 2 rings (SSSR count). The SMILES string of the molecule is CN=C(NCc1cc(OC)c(OC)c(OC)c1)NCc1ccccc1[N+](=O)[O-]. The van der Waals surface area contributed by atoms with E-state index < -0.39 is 4.92 Å². The zero-order valence-corrected chi connectivity index (χ0v) is 16.3. The van der Waals surface area contributed by atoms with E-state index in [1.54, 1.807) is 46.6 Å².